The number of benzene rings is 2. The number of rotatable bonds is 3. The molecule has 0 amide bonds. The Bertz CT molecular complexity index is 1080. The molecule has 0 saturated carbocycles. The third kappa shape index (κ3) is 3.00. The third-order valence-electron chi connectivity index (χ3n) is 5.25. The van der Waals surface area contributed by atoms with E-state index in [9.17, 15) is 0 Å². The average molecular weight is 376 g/mol. The van der Waals surface area contributed by atoms with Crippen molar-refractivity contribution in [2.45, 2.75) is 6.17 Å². The predicted octanol–water partition coefficient (Wildman–Crippen LogP) is 2.93. The van der Waals surface area contributed by atoms with Gasteiger partial charge in [-0.2, -0.15) is 0 Å². The Kier molecular flexibility index (Phi) is 4.32. The SMILES string of the molecule is PN1CCN(C(c2cccc3cccnc23)n2nnc3ccccc32)CC1. The van der Waals surface area contributed by atoms with Crippen LogP contribution in [-0.2, 0) is 0 Å². The van der Waals surface area contributed by atoms with Crippen LogP contribution in [0.15, 0.2) is 60.8 Å². The van der Waals surface area contributed by atoms with Crippen molar-refractivity contribution in [3.63, 3.8) is 0 Å². The fourth-order valence-electron chi connectivity index (χ4n) is 3.87. The van der Waals surface area contributed by atoms with Crippen LogP contribution in [0.2, 0.25) is 0 Å². The number of piperazine rings is 1. The second-order valence-corrected chi connectivity index (χ2v) is 7.62. The molecule has 136 valence electrons. The first-order valence-corrected chi connectivity index (χ1v) is 9.70. The van der Waals surface area contributed by atoms with Crippen molar-refractivity contribution in [3.05, 3.63) is 66.4 Å². The molecule has 1 saturated heterocycles. The molecule has 0 bridgehead atoms. The first kappa shape index (κ1) is 16.8. The number of hydrogen-bond donors (Lipinski definition) is 0. The lowest BCUT2D eigenvalue weighted by Gasteiger charge is -2.38. The molecule has 3 heterocycles. The standard InChI is InChI=1S/C20H21N6P/c27-25-13-11-24(12-14-25)20(26-18-9-2-1-8-17(18)22-23-26)16-7-3-5-15-6-4-10-21-19(15)16/h1-10,20H,11-14,27H2. The molecular weight excluding hydrogens is 355 g/mol. The molecule has 2 aromatic carbocycles. The molecule has 1 aliphatic heterocycles. The van der Waals surface area contributed by atoms with Crippen LogP contribution in [0.1, 0.15) is 11.7 Å². The first-order valence-electron chi connectivity index (χ1n) is 9.18. The van der Waals surface area contributed by atoms with Crippen LogP contribution in [0.4, 0.5) is 0 Å². The van der Waals surface area contributed by atoms with E-state index in [0.29, 0.717) is 0 Å². The van der Waals surface area contributed by atoms with E-state index < -0.39 is 0 Å². The van der Waals surface area contributed by atoms with Crippen molar-refractivity contribution >= 4 is 31.3 Å². The van der Waals surface area contributed by atoms with Crippen molar-refractivity contribution in [1.82, 2.24) is 29.5 Å². The predicted molar refractivity (Wildman–Crippen MR) is 110 cm³/mol. The summed E-state index contributed by atoms with van der Waals surface area (Å²) in [6, 6.07) is 18.6. The van der Waals surface area contributed by atoms with Gasteiger partial charge in [0.25, 0.3) is 0 Å². The number of pyridine rings is 1. The van der Waals surface area contributed by atoms with Crippen molar-refractivity contribution in [1.29, 1.82) is 0 Å². The van der Waals surface area contributed by atoms with Gasteiger partial charge in [-0.3, -0.25) is 14.6 Å². The highest BCUT2D eigenvalue weighted by Gasteiger charge is 2.29. The lowest BCUT2D eigenvalue weighted by molar-refractivity contribution is 0.117. The fraction of sp³-hybridized carbons (Fsp3) is 0.250. The molecule has 0 spiro atoms. The minimum Gasteiger partial charge on any atom is -0.285 e. The molecule has 1 fully saturated rings. The van der Waals surface area contributed by atoms with Crippen LogP contribution in [0.3, 0.4) is 0 Å². The van der Waals surface area contributed by atoms with E-state index in [1.807, 2.05) is 30.5 Å². The minimum atomic E-state index is -0.0327. The van der Waals surface area contributed by atoms with Gasteiger partial charge in [-0.25, -0.2) is 4.68 Å². The number of hydrogen-bond acceptors (Lipinski definition) is 5. The number of para-hydroxylation sites is 2. The Morgan fingerprint density at radius 3 is 2.59 bits per heavy atom. The van der Waals surface area contributed by atoms with E-state index in [4.69, 9.17) is 4.98 Å². The van der Waals surface area contributed by atoms with E-state index in [0.717, 1.165) is 48.1 Å². The summed E-state index contributed by atoms with van der Waals surface area (Å²) in [5, 5.41) is 10.1. The quantitative estimate of drug-likeness (QED) is 0.515. The summed E-state index contributed by atoms with van der Waals surface area (Å²) in [5.41, 5.74) is 4.16. The monoisotopic (exact) mass is 376 g/mol. The zero-order chi connectivity index (χ0) is 18.2. The molecule has 0 N–H and O–H groups in total. The number of aromatic nitrogens is 4. The molecule has 2 atom stereocenters. The molecule has 27 heavy (non-hydrogen) atoms. The summed E-state index contributed by atoms with van der Waals surface area (Å²) in [4.78, 5) is 7.18. The summed E-state index contributed by atoms with van der Waals surface area (Å²) < 4.78 is 4.34. The van der Waals surface area contributed by atoms with E-state index in [2.05, 4.69) is 64.3 Å². The average Bonchev–Trinajstić information content (AvgIpc) is 3.14. The number of nitrogens with zero attached hydrogens (tertiary/aromatic N) is 6. The smallest absolute Gasteiger partial charge is 0.134 e. The van der Waals surface area contributed by atoms with Crippen molar-refractivity contribution in [3.8, 4) is 0 Å². The molecule has 2 aromatic heterocycles. The maximum Gasteiger partial charge on any atom is 0.134 e. The van der Waals surface area contributed by atoms with E-state index in [1.54, 1.807) is 0 Å². The minimum absolute atomic E-state index is 0.0327. The van der Waals surface area contributed by atoms with Gasteiger partial charge in [0.1, 0.15) is 11.7 Å². The highest BCUT2D eigenvalue weighted by atomic mass is 31.0. The van der Waals surface area contributed by atoms with E-state index in [1.165, 1.54) is 5.56 Å². The second kappa shape index (κ2) is 6.97. The molecular formula is C20H21N6P. The Morgan fingerprint density at radius 2 is 1.70 bits per heavy atom. The van der Waals surface area contributed by atoms with Crippen LogP contribution >= 0.6 is 9.39 Å². The molecule has 0 aliphatic carbocycles. The molecule has 4 aromatic rings. The lowest BCUT2D eigenvalue weighted by Crippen LogP contribution is -2.46. The van der Waals surface area contributed by atoms with Gasteiger partial charge in [0.15, 0.2) is 0 Å². The van der Waals surface area contributed by atoms with E-state index in [-0.39, 0.29) is 6.17 Å². The maximum atomic E-state index is 4.70. The normalized spacial score (nSPS) is 17.5. The summed E-state index contributed by atoms with van der Waals surface area (Å²) in [7, 11) is 2.81. The topological polar surface area (TPSA) is 50.1 Å². The first-order chi connectivity index (χ1) is 13.3. The van der Waals surface area contributed by atoms with Crippen molar-refractivity contribution < 1.29 is 0 Å². The summed E-state index contributed by atoms with van der Waals surface area (Å²) in [6.07, 6.45) is 1.83. The van der Waals surface area contributed by atoms with Crippen LogP contribution < -0.4 is 0 Å². The van der Waals surface area contributed by atoms with Gasteiger partial charge < -0.3 is 0 Å². The largest absolute Gasteiger partial charge is 0.285 e. The van der Waals surface area contributed by atoms with Crippen LogP contribution in [0.5, 0.6) is 0 Å². The van der Waals surface area contributed by atoms with Crippen molar-refractivity contribution in [2.24, 2.45) is 0 Å². The van der Waals surface area contributed by atoms with Gasteiger partial charge in [0.05, 0.1) is 11.0 Å². The van der Waals surface area contributed by atoms with Crippen LogP contribution in [0, 0.1) is 0 Å². The summed E-state index contributed by atoms with van der Waals surface area (Å²) in [5.74, 6) is 0. The van der Waals surface area contributed by atoms with Crippen LogP contribution in [0.25, 0.3) is 21.9 Å². The van der Waals surface area contributed by atoms with Gasteiger partial charge in [-0.1, -0.05) is 51.0 Å². The zero-order valence-electron chi connectivity index (χ0n) is 14.9. The van der Waals surface area contributed by atoms with Crippen LogP contribution in [-0.4, -0.2) is 55.7 Å². The molecule has 2 unspecified atom stereocenters. The third-order valence-corrected chi connectivity index (χ3v) is 5.76. The highest BCUT2D eigenvalue weighted by molar-refractivity contribution is 7.13. The van der Waals surface area contributed by atoms with Gasteiger partial charge in [-0.15, -0.1) is 5.10 Å². The Morgan fingerprint density at radius 1 is 0.889 bits per heavy atom. The fourth-order valence-corrected chi connectivity index (χ4v) is 4.10. The van der Waals surface area contributed by atoms with Gasteiger partial charge in [0.2, 0.25) is 0 Å². The summed E-state index contributed by atoms with van der Waals surface area (Å²) in [6.45, 7) is 3.94. The van der Waals surface area contributed by atoms with Gasteiger partial charge >= 0.3 is 0 Å². The molecule has 6 nitrogen and oxygen atoms in total. The zero-order valence-corrected chi connectivity index (χ0v) is 16.1. The molecule has 5 rings (SSSR count). The highest BCUT2D eigenvalue weighted by Crippen LogP contribution is 2.31. The lowest BCUT2D eigenvalue weighted by atomic mass is 10.1. The summed E-state index contributed by atoms with van der Waals surface area (Å²) >= 11 is 0. The molecule has 1 aliphatic rings. The maximum absolute atomic E-state index is 4.70. The Balaban J connectivity index is 1.71. The van der Waals surface area contributed by atoms with Gasteiger partial charge in [0, 0.05) is 43.3 Å². The van der Waals surface area contributed by atoms with E-state index >= 15 is 0 Å². The Hall–Kier alpha value is -2.40. The number of fused-ring (bicyclic) bond motifs is 2. The molecule has 7 heteroatoms. The molecule has 0 radical (unpaired) electrons. The van der Waals surface area contributed by atoms with Crippen molar-refractivity contribution in [2.75, 3.05) is 26.2 Å². The second-order valence-electron chi connectivity index (χ2n) is 6.89. The Labute approximate surface area is 160 Å². The van der Waals surface area contributed by atoms with Gasteiger partial charge in [-0.05, 0) is 18.2 Å².